The molecule has 2 N–H and O–H groups in total. The third-order valence-electron chi connectivity index (χ3n) is 2.93. The summed E-state index contributed by atoms with van der Waals surface area (Å²) in [5.74, 6) is -1.04. The van der Waals surface area contributed by atoms with Crippen molar-refractivity contribution in [2.75, 3.05) is 6.54 Å². The van der Waals surface area contributed by atoms with E-state index in [4.69, 9.17) is 5.11 Å². The van der Waals surface area contributed by atoms with Crippen molar-refractivity contribution in [3.8, 4) is 0 Å². The van der Waals surface area contributed by atoms with Crippen LogP contribution in [-0.4, -0.2) is 23.5 Å². The molecule has 0 unspecified atom stereocenters. The van der Waals surface area contributed by atoms with Crippen molar-refractivity contribution in [2.24, 2.45) is 11.3 Å². The maximum absolute atomic E-state index is 11.3. The Bertz CT molecular complexity index is 232. The van der Waals surface area contributed by atoms with Crippen LogP contribution in [0, 0.1) is 11.3 Å². The Labute approximate surface area is 91.1 Å². The average molecular weight is 215 g/mol. The summed E-state index contributed by atoms with van der Waals surface area (Å²) >= 11 is 0. The molecule has 0 aromatic carbocycles. The van der Waals surface area contributed by atoms with E-state index in [9.17, 15) is 9.59 Å². The second kappa shape index (κ2) is 5.73. The van der Waals surface area contributed by atoms with Crippen LogP contribution in [0.5, 0.6) is 0 Å². The Hall–Kier alpha value is -1.06. The van der Waals surface area contributed by atoms with Gasteiger partial charge in [-0.25, -0.2) is 0 Å². The first kappa shape index (κ1) is 13.9. The minimum atomic E-state index is -0.837. The number of rotatable bonds is 6. The molecule has 4 heteroatoms. The van der Waals surface area contributed by atoms with E-state index in [-0.39, 0.29) is 18.4 Å². The normalized spacial score (nSPS) is 11.5. The fourth-order valence-electron chi connectivity index (χ4n) is 1.34. The summed E-state index contributed by atoms with van der Waals surface area (Å²) in [5, 5.41) is 11.8. The topological polar surface area (TPSA) is 66.4 Å². The third kappa shape index (κ3) is 3.53. The summed E-state index contributed by atoms with van der Waals surface area (Å²) in [4.78, 5) is 22.5. The lowest BCUT2D eigenvalue weighted by atomic mass is 9.82. The highest BCUT2D eigenvalue weighted by molar-refractivity contribution is 5.80. The standard InChI is InChI=1S/C11H21NO3/c1-5-11(6-2,10(14)15)7-12-9(13)8(3)4/h8H,5-7H2,1-4H3,(H,12,13)(H,14,15). The first-order valence-corrected chi connectivity index (χ1v) is 5.40. The van der Waals surface area contributed by atoms with Gasteiger partial charge in [0.1, 0.15) is 0 Å². The number of carboxylic acid groups (broad SMARTS) is 1. The predicted molar refractivity (Wildman–Crippen MR) is 58.5 cm³/mol. The maximum atomic E-state index is 11.3. The summed E-state index contributed by atoms with van der Waals surface area (Å²) in [7, 11) is 0. The molecule has 0 aliphatic heterocycles. The molecule has 0 radical (unpaired) electrons. The fourth-order valence-corrected chi connectivity index (χ4v) is 1.34. The quantitative estimate of drug-likeness (QED) is 0.708. The van der Waals surface area contributed by atoms with E-state index in [0.29, 0.717) is 12.8 Å². The van der Waals surface area contributed by atoms with Crippen LogP contribution in [-0.2, 0) is 9.59 Å². The fraction of sp³-hybridized carbons (Fsp3) is 0.818. The third-order valence-corrected chi connectivity index (χ3v) is 2.93. The largest absolute Gasteiger partial charge is 0.481 e. The molecule has 0 saturated carbocycles. The molecule has 0 aliphatic rings. The number of amides is 1. The van der Waals surface area contributed by atoms with Gasteiger partial charge >= 0.3 is 5.97 Å². The Morgan fingerprint density at radius 2 is 1.73 bits per heavy atom. The van der Waals surface area contributed by atoms with Crippen molar-refractivity contribution in [1.29, 1.82) is 0 Å². The molecule has 0 rings (SSSR count). The smallest absolute Gasteiger partial charge is 0.311 e. The van der Waals surface area contributed by atoms with Gasteiger partial charge in [-0.2, -0.15) is 0 Å². The highest BCUT2D eigenvalue weighted by Gasteiger charge is 2.35. The summed E-state index contributed by atoms with van der Waals surface area (Å²) in [6, 6.07) is 0. The number of carbonyl (C=O) groups excluding carboxylic acids is 1. The van der Waals surface area contributed by atoms with E-state index < -0.39 is 11.4 Å². The van der Waals surface area contributed by atoms with Crippen LogP contribution in [0.4, 0.5) is 0 Å². The molecule has 0 saturated heterocycles. The van der Waals surface area contributed by atoms with Crippen LogP contribution in [0.15, 0.2) is 0 Å². The van der Waals surface area contributed by atoms with Gasteiger partial charge in [-0.1, -0.05) is 27.7 Å². The van der Waals surface area contributed by atoms with Gasteiger partial charge in [-0.3, -0.25) is 9.59 Å². The minimum Gasteiger partial charge on any atom is -0.481 e. The highest BCUT2D eigenvalue weighted by atomic mass is 16.4. The van der Waals surface area contributed by atoms with Crippen LogP contribution in [0.25, 0.3) is 0 Å². The van der Waals surface area contributed by atoms with Gasteiger partial charge < -0.3 is 10.4 Å². The Kier molecular flexibility index (Phi) is 5.33. The van der Waals surface area contributed by atoms with E-state index in [1.807, 2.05) is 13.8 Å². The molecular weight excluding hydrogens is 194 g/mol. The monoisotopic (exact) mass is 215 g/mol. The summed E-state index contributed by atoms with van der Waals surface area (Å²) in [5.41, 5.74) is -0.815. The number of nitrogens with one attached hydrogen (secondary N) is 1. The van der Waals surface area contributed by atoms with Gasteiger partial charge in [0.2, 0.25) is 5.91 Å². The summed E-state index contributed by atoms with van der Waals surface area (Å²) in [6.07, 6.45) is 1.05. The maximum Gasteiger partial charge on any atom is 0.311 e. The van der Waals surface area contributed by atoms with Crippen molar-refractivity contribution in [1.82, 2.24) is 5.32 Å². The SMILES string of the molecule is CCC(CC)(CNC(=O)C(C)C)C(=O)O. The van der Waals surface area contributed by atoms with Crippen LogP contribution < -0.4 is 5.32 Å². The van der Waals surface area contributed by atoms with Gasteiger partial charge in [0.05, 0.1) is 5.41 Å². The van der Waals surface area contributed by atoms with Crippen molar-refractivity contribution < 1.29 is 14.7 Å². The highest BCUT2D eigenvalue weighted by Crippen LogP contribution is 2.25. The molecule has 0 spiro atoms. The first-order chi connectivity index (χ1) is 6.89. The first-order valence-electron chi connectivity index (χ1n) is 5.40. The lowest BCUT2D eigenvalue weighted by molar-refractivity contribution is -0.149. The van der Waals surface area contributed by atoms with Crippen molar-refractivity contribution >= 4 is 11.9 Å². The zero-order valence-corrected chi connectivity index (χ0v) is 9.96. The molecular formula is C11H21NO3. The molecule has 0 aromatic rings. The average Bonchev–Trinajstić information content (AvgIpc) is 2.19. The van der Waals surface area contributed by atoms with E-state index >= 15 is 0 Å². The van der Waals surface area contributed by atoms with Crippen LogP contribution in [0.2, 0.25) is 0 Å². The number of hydrogen-bond acceptors (Lipinski definition) is 2. The van der Waals surface area contributed by atoms with Crippen LogP contribution >= 0.6 is 0 Å². The van der Waals surface area contributed by atoms with Crippen LogP contribution in [0.1, 0.15) is 40.5 Å². The van der Waals surface area contributed by atoms with Gasteiger partial charge in [0.15, 0.2) is 0 Å². The summed E-state index contributed by atoms with van der Waals surface area (Å²) in [6.45, 7) is 7.45. The Morgan fingerprint density at radius 3 is 2.00 bits per heavy atom. The molecule has 4 nitrogen and oxygen atoms in total. The molecule has 0 aliphatic carbocycles. The molecule has 0 heterocycles. The lowest BCUT2D eigenvalue weighted by Gasteiger charge is -2.27. The van der Waals surface area contributed by atoms with E-state index in [1.54, 1.807) is 13.8 Å². The molecule has 0 atom stereocenters. The number of carboxylic acids is 1. The van der Waals surface area contributed by atoms with Gasteiger partial charge in [0, 0.05) is 12.5 Å². The second-order valence-corrected chi connectivity index (χ2v) is 4.17. The van der Waals surface area contributed by atoms with Crippen LogP contribution in [0.3, 0.4) is 0 Å². The zero-order valence-electron chi connectivity index (χ0n) is 9.96. The Morgan fingerprint density at radius 1 is 1.27 bits per heavy atom. The number of aliphatic carboxylic acids is 1. The molecule has 88 valence electrons. The lowest BCUT2D eigenvalue weighted by Crippen LogP contribution is -2.43. The number of hydrogen-bond donors (Lipinski definition) is 2. The van der Waals surface area contributed by atoms with Crippen molar-refractivity contribution in [2.45, 2.75) is 40.5 Å². The molecule has 15 heavy (non-hydrogen) atoms. The van der Waals surface area contributed by atoms with Gasteiger partial charge in [-0.15, -0.1) is 0 Å². The molecule has 0 fully saturated rings. The zero-order chi connectivity index (χ0) is 12.1. The number of carbonyl (C=O) groups is 2. The second-order valence-electron chi connectivity index (χ2n) is 4.17. The predicted octanol–water partition coefficient (Wildman–Crippen LogP) is 1.65. The molecule has 0 bridgehead atoms. The van der Waals surface area contributed by atoms with E-state index in [2.05, 4.69) is 5.32 Å². The molecule has 1 amide bonds. The summed E-state index contributed by atoms with van der Waals surface area (Å²) < 4.78 is 0. The van der Waals surface area contributed by atoms with E-state index in [0.717, 1.165) is 0 Å². The van der Waals surface area contributed by atoms with E-state index in [1.165, 1.54) is 0 Å². The minimum absolute atomic E-state index is 0.0949. The van der Waals surface area contributed by atoms with Crippen molar-refractivity contribution in [3.05, 3.63) is 0 Å². The van der Waals surface area contributed by atoms with Gasteiger partial charge in [0.25, 0.3) is 0 Å². The Balaban J connectivity index is 4.44. The van der Waals surface area contributed by atoms with Gasteiger partial charge in [-0.05, 0) is 12.8 Å². The van der Waals surface area contributed by atoms with Crippen molar-refractivity contribution in [3.63, 3.8) is 0 Å². The molecule has 0 aromatic heterocycles.